The number of aliphatic hydroxyl groups excluding tert-OH is 1. The maximum absolute atomic E-state index is 12.8. The summed E-state index contributed by atoms with van der Waals surface area (Å²) in [5, 5.41) is 18.4. The first-order chi connectivity index (χ1) is 9.94. The van der Waals surface area contributed by atoms with Crippen LogP contribution in [0, 0.1) is 5.92 Å². The van der Waals surface area contributed by atoms with E-state index in [1.54, 1.807) is 0 Å². The van der Waals surface area contributed by atoms with Crippen LogP contribution in [0.3, 0.4) is 0 Å². The minimum Gasteiger partial charge on any atom is -0.480 e. The topological polar surface area (TPSA) is 104 Å². The van der Waals surface area contributed by atoms with Crippen LogP contribution in [0.4, 0.5) is 0 Å². The summed E-state index contributed by atoms with van der Waals surface area (Å²) in [6.07, 6.45) is 2.02. The van der Waals surface area contributed by atoms with E-state index in [9.17, 15) is 18.3 Å². The van der Waals surface area contributed by atoms with Crippen molar-refractivity contribution in [3.63, 3.8) is 0 Å². The Morgan fingerprint density at radius 3 is 2.29 bits per heavy atom. The molecule has 0 aromatic carbocycles. The Labute approximate surface area is 124 Å². The number of aliphatic hydroxyl groups is 1. The highest BCUT2D eigenvalue weighted by atomic mass is 32.2. The molecule has 0 unspecified atom stereocenters. The molecular formula is C13H23NO6S. The quantitative estimate of drug-likeness (QED) is 0.741. The highest BCUT2D eigenvalue weighted by Crippen LogP contribution is 2.35. The van der Waals surface area contributed by atoms with Gasteiger partial charge in [0.1, 0.15) is 0 Å². The van der Waals surface area contributed by atoms with Gasteiger partial charge in [-0.25, -0.2) is 12.7 Å². The fourth-order valence-electron chi connectivity index (χ4n) is 3.15. The molecule has 0 spiro atoms. The third-order valence-electron chi connectivity index (χ3n) is 4.63. The summed E-state index contributed by atoms with van der Waals surface area (Å²) in [6, 6.07) is 0. The Morgan fingerprint density at radius 1 is 1.24 bits per heavy atom. The number of hydrogen-bond donors (Lipinski definition) is 2. The van der Waals surface area contributed by atoms with Crippen molar-refractivity contribution in [1.82, 2.24) is 4.31 Å². The van der Waals surface area contributed by atoms with Gasteiger partial charge < -0.3 is 14.9 Å². The Morgan fingerprint density at radius 2 is 1.81 bits per heavy atom. The Kier molecular flexibility index (Phi) is 5.24. The van der Waals surface area contributed by atoms with Crippen molar-refractivity contribution in [2.75, 3.05) is 32.9 Å². The van der Waals surface area contributed by atoms with E-state index in [0.717, 1.165) is 0 Å². The van der Waals surface area contributed by atoms with Gasteiger partial charge in [-0.1, -0.05) is 0 Å². The van der Waals surface area contributed by atoms with Crippen LogP contribution in [-0.2, 0) is 19.6 Å². The number of nitrogens with zero attached hydrogens (tertiary/aromatic N) is 1. The summed E-state index contributed by atoms with van der Waals surface area (Å²) >= 11 is 0. The van der Waals surface area contributed by atoms with Gasteiger partial charge in [0.25, 0.3) is 0 Å². The predicted octanol–water partition coefficient (Wildman–Crippen LogP) is 0.0444. The number of carbonyl (C=O) groups is 1. The number of aliphatic carboxylic acids is 1. The van der Waals surface area contributed by atoms with Gasteiger partial charge in [-0.2, -0.15) is 0 Å². The normalized spacial score (nSPS) is 24.8. The van der Waals surface area contributed by atoms with Crippen molar-refractivity contribution >= 4 is 16.0 Å². The van der Waals surface area contributed by atoms with Crippen molar-refractivity contribution < 1.29 is 28.2 Å². The molecule has 2 aliphatic heterocycles. The van der Waals surface area contributed by atoms with Gasteiger partial charge in [0, 0.05) is 45.8 Å². The number of rotatable bonds is 5. The maximum atomic E-state index is 12.8. The van der Waals surface area contributed by atoms with Crippen LogP contribution in [0.5, 0.6) is 0 Å². The lowest BCUT2D eigenvalue weighted by atomic mass is 9.95. The minimum atomic E-state index is -3.89. The number of ether oxygens (including phenoxy) is 1. The molecule has 122 valence electrons. The average Bonchev–Trinajstić information content (AvgIpc) is 2.48. The first-order valence-corrected chi connectivity index (χ1v) is 8.80. The zero-order valence-corrected chi connectivity index (χ0v) is 12.8. The fourth-order valence-corrected chi connectivity index (χ4v) is 5.24. The van der Waals surface area contributed by atoms with Crippen LogP contribution in [0.1, 0.15) is 32.1 Å². The fraction of sp³-hybridized carbons (Fsp3) is 0.923. The zero-order chi connectivity index (χ0) is 15.5. The Bertz CT molecular complexity index is 463. The second-order valence-electron chi connectivity index (χ2n) is 5.77. The van der Waals surface area contributed by atoms with Crippen molar-refractivity contribution in [2.45, 2.75) is 36.9 Å². The van der Waals surface area contributed by atoms with Gasteiger partial charge in [0.2, 0.25) is 10.0 Å². The molecule has 2 N–H and O–H groups in total. The number of hydrogen-bond acceptors (Lipinski definition) is 5. The summed E-state index contributed by atoms with van der Waals surface area (Å²) in [6.45, 7) is 1.10. The molecule has 0 bridgehead atoms. The molecule has 0 aliphatic carbocycles. The molecule has 0 saturated carbocycles. The smallest absolute Gasteiger partial charge is 0.326 e. The van der Waals surface area contributed by atoms with E-state index in [0.29, 0.717) is 38.3 Å². The van der Waals surface area contributed by atoms with E-state index in [4.69, 9.17) is 9.84 Å². The molecule has 2 aliphatic rings. The van der Waals surface area contributed by atoms with Crippen LogP contribution in [0.2, 0.25) is 0 Å². The van der Waals surface area contributed by atoms with Crippen LogP contribution < -0.4 is 0 Å². The minimum absolute atomic E-state index is 0.00123. The summed E-state index contributed by atoms with van der Waals surface area (Å²) in [5.74, 6) is -0.958. The molecule has 2 saturated heterocycles. The summed E-state index contributed by atoms with van der Waals surface area (Å²) < 4.78 is 30.3. The summed E-state index contributed by atoms with van der Waals surface area (Å²) in [5.41, 5.74) is 0. The van der Waals surface area contributed by atoms with Gasteiger partial charge in [0.15, 0.2) is 4.75 Å². The summed E-state index contributed by atoms with van der Waals surface area (Å²) in [4.78, 5) is 11.6. The second kappa shape index (κ2) is 6.60. The van der Waals surface area contributed by atoms with Gasteiger partial charge >= 0.3 is 5.97 Å². The molecule has 0 amide bonds. The van der Waals surface area contributed by atoms with Crippen LogP contribution in [-0.4, -0.2) is 66.6 Å². The maximum Gasteiger partial charge on any atom is 0.326 e. The van der Waals surface area contributed by atoms with Crippen molar-refractivity contribution in [3.8, 4) is 0 Å². The molecule has 0 radical (unpaired) electrons. The zero-order valence-electron chi connectivity index (χ0n) is 12.0. The van der Waals surface area contributed by atoms with E-state index >= 15 is 0 Å². The van der Waals surface area contributed by atoms with Crippen LogP contribution in [0.15, 0.2) is 0 Å². The number of carboxylic acids is 1. The number of piperidine rings is 1. The molecule has 0 aromatic heterocycles. The first-order valence-electron chi connectivity index (χ1n) is 7.36. The van der Waals surface area contributed by atoms with E-state index < -0.39 is 20.7 Å². The molecule has 8 heteroatoms. The third-order valence-corrected chi connectivity index (χ3v) is 7.25. The molecule has 2 fully saturated rings. The van der Waals surface area contributed by atoms with Crippen LogP contribution in [0.25, 0.3) is 0 Å². The Balaban J connectivity index is 2.15. The van der Waals surface area contributed by atoms with Crippen LogP contribution >= 0.6 is 0 Å². The van der Waals surface area contributed by atoms with E-state index in [2.05, 4.69) is 0 Å². The van der Waals surface area contributed by atoms with Crippen molar-refractivity contribution in [1.29, 1.82) is 0 Å². The molecule has 0 atom stereocenters. The standard InChI is InChI=1S/C13H23NO6S/c15-8-3-11-1-6-14(7-2-11)21(18,19)13(12(16)17)4-9-20-10-5-13/h11,15H,1-10H2,(H,16,17). The van der Waals surface area contributed by atoms with Gasteiger partial charge in [0.05, 0.1) is 0 Å². The van der Waals surface area contributed by atoms with E-state index in [-0.39, 0.29) is 32.7 Å². The lowest BCUT2D eigenvalue weighted by Gasteiger charge is -2.39. The third kappa shape index (κ3) is 3.08. The average molecular weight is 321 g/mol. The number of carboxylic acid groups (broad SMARTS) is 1. The molecular weight excluding hydrogens is 298 g/mol. The van der Waals surface area contributed by atoms with E-state index in [1.807, 2.05) is 0 Å². The molecule has 7 nitrogen and oxygen atoms in total. The van der Waals surface area contributed by atoms with E-state index in [1.165, 1.54) is 4.31 Å². The first kappa shape index (κ1) is 16.7. The van der Waals surface area contributed by atoms with Crippen molar-refractivity contribution in [2.24, 2.45) is 5.92 Å². The highest BCUT2D eigenvalue weighted by Gasteiger charge is 2.54. The molecule has 2 rings (SSSR count). The predicted molar refractivity (Wildman–Crippen MR) is 75.3 cm³/mol. The van der Waals surface area contributed by atoms with Gasteiger partial charge in [-0.3, -0.25) is 4.79 Å². The summed E-state index contributed by atoms with van der Waals surface area (Å²) in [7, 11) is -3.89. The monoisotopic (exact) mass is 321 g/mol. The van der Waals surface area contributed by atoms with Crippen molar-refractivity contribution in [3.05, 3.63) is 0 Å². The molecule has 0 aromatic rings. The molecule has 21 heavy (non-hydrogen) atoms. The van der Waals surface area contributed by atoms with Gasteiger partial charge in [-0.05, 0) is 25.2 Å². The van der Waals surface area contributed by atoms with Gasteiger partial charge in [-0.15, -0.1) is 0 Å². The second-order valence-corrected chi connectivity index (χ2v) is 8.02. The largest absolute Gasteiger partial charge is 0.480 e. The lowest BCUT2D eigenvalue weighted by molar-refractivity contribution is -0.142. The Hall–Kier alpha value is -0.700. The number of sulfonamides is 1. The molecule has 2 heterocycles. The highest BCUT2D eigenvalue weighted by molar-refractivity contribution is 7.91. The SMILES string of the molecule is O=C(O)C1(S(=O)(=O)N2CCC(CCO)CC2)CCOCC1. The lowest BCUT2D eigenvalue weighted by Crippen LogP contribution is -2.57.